The number of nitrogens with zero attached hydrogens (tertiary/aromatic N) is 3. The van der Waals surface area contributed by atoms with Crippen molar-refractivity contribution in [1.82, 2.24) is 9.55 Å². The molecule has 0 spiro atoms. The molecule has 100 valence electrons. The average Bonchev–Trinajstić information content (AvgIpc) is 2.80. The van der Waals surface area contributed by atoms with Crippen molar-refractivity contribution in [1.29, 1.82) is 0 Å². The van der Waals surface area contributed by atoms with Crippen LogP contribution in [0.4, 0.5) is 5.95 Å². The highest BCUT2D eigenvalue weighted by molar-refractivity contribution is 6.42. The average molecular weight is 302 g/mol. The summed E-state index contributed by atoms with van der Waals surface area (Å²) in [6.07, 6.45) is 1.70. The van der Waals surface area contributed by atoms with Crippen LogP contribution in [-0.2, 0) is 6.54 Å². The minimum atomic E-state index is -1.01. The first-order valence-corrected chi connectivity index (χ1v) is 6.03. The zero-order chi connectivity index (χ0) is 14.0. The molecule has 0 fully saturated rings. The lowest BCUT2D eigenvalue weighted by Gasteiger charge is -2.12. The van der Waals surface area contributed by atoms with Crippen LogP contribution >= 0.6 is 23.2 Å². The molecule has 8 heteroatoms. The third-order valence-electron chi connectivity index (χ3n) is 2.57. The maximum atomic E-state index is 10.7. The van der Waals surface area contributed by atoms with Crippen molar-refractivity contribution in [3.05, 3.63) is 56.3 Å². The van der Waals surface area contributed by atoms with E-state index in [1.54, 1.807) is 18.2 Å². The van der Waals surface area contributed by atoms with E-state index in [2.05, 4.69) is 4.98 Å². The van der Waals surface area contributed by atoms with Crippen LogP contribution in [0.2, 0.25) is 10.0 Å². The zero-order valence-corrected chi connectivity index (χ0v) is 11.0. The zero-order valence-electron chi connectivity index (χ0n) is 9.53. The van der Waals surface area contributed by atoms with E-state index < -0.39 is 11.0 Å². The third kappa shape index (κ3) is 2.86. The summed E-state index contributed by atoms with van der Waals surface area (Å²) in [5.41, 5.74) is 0.414. The molecule has 0 saturated carbocycles. The van der Waals surface area contributed by atoms with Gasteiger partial charge in [-0.25, -0.2) is 4.57 Å². The van der Waals surface area contributed by atoms with E-state index >= 15 is 0 Å². The summed E-state index contributed by atoms with van der Waals surface area (Å²) in [4.78, 5) is 13.7. The van der Waals surface area contributed by atoms with Crippen molar-refractivity contribution in [3.8, 4) is 0 Å². The lowest BCUT2D eigenvalue weighted by molar-refractivity contribution is -0.397. The van der Waals surface area contributed by atoms with Crippen LogP contribution in [0.15, 0.2) is 30.6 Å². The molecule has 1 aromatic carbocycles. The molecule has 2 aromatic rings. The molecule has 0 aliphatic heterocycles. The number of rotatable bonds is 4. The number of aliphatic hydroxyl groups excluding tert-OH is 1. The quantitative estimate of drug-likeness (QED) is 0.695. The fourth-order valence-corrected chi connectivity index (χ4v) is 2.11. The second kappa shape index (κ2) is 5.56. The summed E-state index contributed by atoms with van der Waals surface area (Å²) >= 11 is 11.8. The fourth-order valence-electron chi connectivity index (χ4n) is 1.68. The van der Waals surface area contributed by atoms with E-state index in [0.717, 1.165) is 0 Å². The summed E-state index contributed by atoms with van der Waals surface area (Å²) in [5.74, 6) is -0.336. The number of nitro groups is 1. The summed E-state index contributed by atoms with van der Waals surface area (Å²) in [6, 6.07) is 4.86. The standard InChI is InChI=1S/C11H9Cl2N3O3/c12-8-3-1-2-7(10(8)13)9(17)6-15-5-4-14-11(15)16(18)19/h1-5,9,17H,6H2. The summed E-state index contributed by atoms with van der Waals surface area (Å²) < 4.78 is 1.24. The molecule has 1 N–H and O–H groups in total. The van der Waals surface area contributed by atoms with E-state index in [0.29, 0.717) is 10.6 Å². The second-order valence-electron chi connectivity index (χ2n) is 3.80. The van der Waals surface area contributed by atoms with Gasteiger partial charge in [0.2, 0.25) is 0 Å². The van der Waals surface area contributed by atoms with Crippen LogP contribution in [0.25, 0.3) is 0 Å². The second-order valence-corrected chi connectivity index (χ2v) is 4.58. The number of benzene rings is 1. The molecular formula is C11H9Cl2N3O3. The monoisotopic (exact) mass is 301 g/mol. The highest BCUT2D eigenvalue weighted by atomic mass is 35.5. The van der Waals surface area contributed by atoms with Crippen molar-refractivity contribution >= 4 is 29.2 Å². The van der Waals surface area contributed by atoms with Gasteiger partial charge in [-0.15, -0.1) is 0 Å². The molecule has 0 radical (unpaired) electrons. The largest absolute Gasteiger partial charge is 0.434 e. The lowest BCUT2D eigenvalue weighted by atomic mass is 10.1. The number of aliphatic hydroxyl groups is 1. The van der Waals surface area contributed by atoms with Crippen LogP contribution in [0.5, 0.6) is 0 Å². The first-order chi connectivity index (χ1) is 9.00. The predicted molar refractivity (Wildman–Crippen MR) is 70.3 cm³/mol. The van der Waals surface area contributed by atoms with Crippen LogP contribution in [0.1, 0.15) is 11.7 Å². The Morgan fingerprint density at radius 3 is 2.89 bits per heavy atom. The van der Waals surface area contributed by atoms with Gasteiger partial charge in [0.1, 0.15) is 25.0 Å². The normalized spacial score (nSPS) is 12.4. The molecule has 1 aromatic heterocycles. The maximum absolute atomic E-state index is 10.7. The molecule has 0 aliphatic rings. The summed E-state index contributed by atoms with van der Waals surface area (Å²) in [7, 11) is 0. The Morgan fingerprint density at radius 2 is 2.21 bits per heavy atom. The van der Waals surface area contributed by atoms with Crippen molar-refractivity contribution in [2.45, 2.75) is 12.6 Å². The van der Waals surface area contributed by atoms with Gasteiger partial charge in [0, 0.05) is 5.56 Å². The summed E-state index contributed by atoms with van der Waals surface area (Å²) in [6.45, 7) is -0.0314. The molecule has 1 heterocycles. The van der Waals surface area contributed by atoms with E-state index in [1.165, 1.54) is 17.0 Å². The van der Waals surface area contributed by atoms with Gasteiger partial charge >= 0.3 is 5.95 Å². The fraction of sp³-hybridized carbons (Fsp3) is 0.182. The van der Waals surface area contributed by atoms with Crippen LogP contribution < -0.4 is 0 Å². The van der Waals surface area contributed by atoms with Crippen molar-refractivity contribution in [2.75, 3.05) is 0 Å². The van der Waals surface area contributed by atoms with E-state index in [9.17, 15) is 15.2 Å². The Labute approximate surface area is 118 Å². The Hall–Kier alpha value is -1.63. The topological polar surface area (TPSA) is 81.2 Å². The number of halogens is 2. The molecule has 0 amide bonds. The van der Waals surface area contributed by atoms with Gasteiger partial charge in [0.05, 0.1) is 10.0 Å². The molecule has 0 bridgehead atoms. The van der Waals surface area contributed by atoms with Gasteiger partial charge in [-0.05, 0) is 11.0 Å². The van der Waals surface area contributed by atoms with Crippen molar-refractivity contribution < 1.29 is 10.0 Å². The highest BCUT2D eigenvalue weighted by Gasteiger charge is 2.20. The van der Waals surface area contributed by atoms with Crippen molar-refractivity contribution in [2.24, 2.45) is 0 Å². The van der Waals surface area contributed by atoms with Crippen molar-refractivity contribution in [3.63, 3.8) is 0 Å². The highest BCUT2D eigenvalue weighted by Crippen LogP contribution is 2.31. The van der Waals surface area contributed by atoms with Gasteiger partial charge in [0.15, 0.2) is 0 Å². The first kappa shape index (κ1) is 13.8. The number of aromatic nitrogens is 2. The number of hydrogen-bond donors (Lipinski definition) is 1. The smallest absolute Gasteiger partial charge is 0.390 e. The minimum Gasteiger partial charge on any atom is -0.390 e. The minimum absolute atomic E-state index is 0.0314. The van der Waals surface area contributed by atoms with Gasteiger partial charge in [0.25, 0.3) is 0 Å². The predicted octanol–water partition coefficient (Wildman–Crippen LogP) is 2.83. The molecule has 6 nitrogen and oxygen atoms in total. The van der Waals surface area contributed by atoms with Crippen LogP contribution in [0.3, 0.4) is 0 Å². The Bertz CT molecular complexity index is 615. The van der Waals surface area contributed by atoms with E-state index in [-0.39, 0.29) is 17.5 Å². The molecular weight excluding hydrogens is 293 g/mol. The Kier molecular flexibility index (Phi) is 4.04. The van der Waals surface area contributed by atoms with Gasteiger partial charge in [-0.1, -0.05) is 40.3 Å². The number of imidazole rings is 1. The molecule has 19 heavy (non-hydrogen) atoms. The SMILES string of the molecule is O=[N+]([O-])c1nccn1CC(O)c1cccc(Cl)c1Cl. The number of hydrogen-bond acceptors (Lipinski definition) is 4. The Balaban J connectivity index is 2.26. The van der Waals surface area contributed by atoms with E-state index in [1.807, 2.05) is 0 Å². The maximum Gasteiger partial charge on any atom is 0.434 e. The first-order valence-electron chi connectivity index (χ1n) is 5.28. The van der Waals surface area contributed by atoms with Gasteiger partial charge in [-0.2, -0.15) is 0 Å². The molecule has 1 atom stereocenters. The lowest BCUT2D eigenvalue weighted by Crippen LogP contribution is -2.11. The Morgan fingerprint density at radius 1 is 1.47 bits per heavy atom. The molecule has 2 rings (SSSR count). The van der Waals surface area contributed by atoms with Crippen LogP contribution in [-0.4, -0.2) is 19.6 Å². The van der Waals surface area contributed by atoms with Gasteiger partial charge in [-0.3, -0.25) is 0 Å². The molecule has 0 saturated heterocycles. The third-order valence-corrected chi connectivity index (χ3v) is 3.40. The van der Waals surface area contributed by atoms with Crippen LogP contribution in [0, 0.1) is 10.1 Å². The summed E-state index contributed by atoms with van der Waals surface area (Å²) in [5, 5.41) is 21.4. The molecule has 1 unspecified atom stereocenters. The van der Waals surface area contributed by atoms with Gasteiger partial charge < -0.3 is 15.2 Å². The molecule has 0 aliphatic carbocycles. The van der Waals surface area contributed by atoms with E-state index in [4.69, 9.17) is 23.2 Å².